The van der Waals surface area contributed by atoms with Crippen molar-refractivity contribution >= 4 is 10.8 Å². The lowest BCUT2D eigenvalue weighted by atomic mass is 9.99. The number of furan rings is 1. The van der Waals surface area contributed by atoms with Gasteiger partial charge in [0.25, 0.3) is 0 Å². The van der Waals surface area contributed by atoms with Crippen LogP contribution in [-0.4, -0.2) is 32.9 Å². The summed E-state index contributed by atoms with van der Waals surface area (Å²) in [7, 11) is 0. The Kier molecular flexibility index (Phi) is 4.92. The lowest BCUT2D eigenvalue weighted by Gasteiger charge is -2.10. The minimum Gasteiger partial charge on any atom is -0.471 e. The van der Waals surface area contributed by atoms with E-state index in [2.05, 4.69) is 9.97 Å². The number of benzene rings is 1. The predicted octanol–water partition coefficient (Wildman–Crippen LogP) is 2.05. The third-order valence-corrected chi connectivity index (χ3v) is 3.11. The Hall–Kier alpha value is -2.11. The first-order chi connectivity index (χ1) is 9.72. The molecule has 0 amide bonds. The molecule has 20 heavy (non-hydrogen) atoms. The first-order valence-corrected chi connectivity index (χ1v) is 6.38. The molecule has 2 heterocycles. The highest BCUT2D eigenvalue weighted by molar-refractivity contribution is 5.85. The minimum atomic E-state index is -0.687. The molecule has 0 aliphatic carbocycles. The van der Waals surface area contributed by atoms with Crippen LogP contribution in [0.2, 0.25) is 0 Å². The van der Waals surface area contributed by atoms with Gasteiger partial charge >= 0.3 is 0 Å². The Bertz CT molecular complexity index is 614. The molecule has 0 aliphatic rings. The Balaban J connectivity index is 0.000000247. The third kappa shape index (κ3) is 3.46. The topological polar surface area (TPSA) is 82.3 Å². The second kappa shape index (κ2) is 6.88. The van der Waals surface area contributed by atoms with Crippen LogP contribution in [0, 0.1) is 6.92 Å². The average molecular weight is 274 g/mol. The highest BCUT2D eigenvalue weighted by atomic mass is 16.3. The van der Waals surface area contributed by atoms with E-state index < -0.39 is 6.10 Å². The van der Waals surface area contributed by atoms with Crippen molar-refractivity contribution in [2.75, 3.05) is 6.61 Å². The second-order valence-electron chi connectivity index (χ2n) is 4.53. The van der Waals surface area contributed by atoms with Crippen molar-refractivity contribution in [2.45, 2.75) is 19.4 Å². The summed E-state index contributed by atoms with van der Waals surface area (Å²) in [4.78, 5) is 6.42. The SMILES string of the molecule is Cc1c(CC(O)CO)ccc2cocc12.c1c[nH]cn1. The van der Waals surface area contributed by atoms with Crippen LogP contribution in [0.1, 0.15) is 11.1 Å². The zero-order valence-electron chi connectivity index (χ0n) is 11.3. The molecule has 2 aromatic heterocycles. The van der Waals surface area contributed by atoms with Crippen molar-refractivity contribution in [2.24, 2.45) is 0 Å². The van der Waals surface area contributed by atoms with Crippen LogP contribution in [-0.2, 0) is 6.42 Å². The van der Waals surface area contributed by atoms with Crippen LogP contribution in [0.5, 0.6) is 0 Å². The van der Waals surface area contributed by atoms with E-state index in [9.17, 15) is 5.11 Å². The Labute approximate surface area is 116 Å². The molecule has 5 heteroatoms. The molecule has 3 rings (SSSR count). The van der Waals surface area contributed by atoms with Crippen LogP contribution in [0.3, 0.4) is 0 Å². The number of rotatable bonds is 3. The zero-order chi connectivity index (χ0) is 14.4. The van der Waals surface area contributed by atoms with Crippen LogP contribution >= 0.6 is 0 Å². The fourth-order valence-electron chi connectivity index (χ4n) is 1.98. The number of aromatic nitrogens is 2. The lowest BCUT2D eigenvalue weighted by Crippen LogP contribution is -2.15. The van der Waals surface area contributed by atoms with E-state index in [0.29, 0.717) is 6.42 Å². The number of nitrogens with one attached hydrogen (secondary N) is 1. The van der Waals surface area contributed by atoms with Crippen LogP contribution in [0.25, 0.3) is 10.8 Å². The molecule has 0 spiro atoms. The summed E-state index contributed by atoms with van der Waals surface area (Å²) in [6.45, 7) is 1.79. The molecule has 3 aromatic rings. The molecule has 1 unspecified atom stereocenters. The molecule has 1 aromatic carbocycles. The summed E-state index contributed by atoms with van der Waals surface area (Å²) in [5.74, 6) is 0. The number of nitrogens with zero attached hydrogens (tertiary/aromatic N) is 1. The highest BCUT2D eigenvalue weighted by Crippen LogP contribution is 2.23. The van der Waals surface area contributed by atoms with E-state index >= 15 is 0 Å². The maximum absolute atomic E-state index is 9.39. The number of aryl methyl sites for hydroxylation is 1. The van der Waals surface area contributed by atoms with E-state index in [1.165, 1.54) is 0 Å². The largest absolute Gasteiger partial charge is 0.471 e. The fraction of sp³-hybridized carbons (Fsp3) is 0.267. The molecular weight excluding hydrogens is 256 g/mol. The number of hydrogen-bond acceptors (Lipinski definition) is 4. The third-order valence-electron chi connectivity index (χ3n) is 3.11. The van der Waals surface area contributed by atoms with Gasteiger partial charge in [-0.2, -0.15) is 0 Å². The van der Waals surface area contributed by atoms with Crippen molar-refractivity contribution < 1.29 is 14.6 Å². The van der Waals surface area contributed by atoms with Gasteiger partial charge in [0.1, 0.15) is 0 Å². The standard InChI is InChI=1S/C12H14O3.C3H4N2/c1-8-9(4-11(14)5-13)2-3-10-6-15-7-12(8)10;1-2-5-3-4-1/h2-3,6-7,11,13-14H,4-5H2,1H3;1-3H,(H,4,5). The predicted molar refractivity (Wildman–Crippen MR) is 76.3 cm³/mol. The molecule has 3 N–H and O–H groups in total. The van der Waals surface area contributed by atoms with Crippen molar-refractivity contribution in [3.8, 4) is 0 Å². The summed E-state index contributed by atoms with van der Waals surface area (Å²) in [6.07, 6.45) is 8.28. The van der Waals surface area contributed by atoms with Gasteiger partial charge in [-0.05, 0) is 18.1 Å². The van der Waals surface area contributed by atoms with E-state index in [1.807, 2.05) is 19.1 Å². The van der Waals surface area contributed by atoms with Crippen molar-refractivity contribution in [3.63, 3.8) is 0 Å². The summed E-state index contributed by atoms with van der Waals surface area (Å²) in [5, 5.41) is 20.3. The molecule has 0 fully saturated rings. The van der Waals surface area contributed by atoms with Crippen molar-refractivity contribution in [1.29, 1.82) is 0 Å². The van der Waals surface area contributed by atoms with Gasteiger partial charge in [-0.15, -0.1) is 0 Å². The van der Waals surface area contributed by atoms with Crippen LogP contribution < -0.4 is 0 Å². The average Bonchev–Trinajstić information content (AvgIpc) is 3.15. The number of hydrogen-bond donors (Lipinski definition) is 3. The Morgan fingerprint density at radius 1 is 1.35 bits per heavy atom. The molecule has 1 atom stereocenters. The molecule has 5 nitrogen and oxygen atoms in total. The van der Waals surface area contributed by atoms with Gasteiger partial charge in [0.05, 0.1) is 31.6 Å². The van der Waals surface area contributed by atoms with Crippen molar-refractivity contribution in [3.05, 3.63) is 54.5 Å². The maximum Gasteiger partial charge on any atom is 0.0984 e. The van der Waals surface area contributed by atoms with E-state index in [1.54, 1.807) is 31.2 Å². The molecule has 0 bridgehead atoms. The number of aliphatic hydroxyl groups is 2. The quantitative estimate of drug-likeness (QED) is 0.682. The summed E-state index contributed by atoms with van der Waals surface area (Å²) >= 11 is 0. The normalized spacial score (nSPS) is 11.9. The fourth-order valence-corrected chi connectivity index (χ4v) is 1.98. The van der Waals surface area contributed by atoms with Crippen molar-refractivity contribution in [1.82, 2.24) is 9.97 Å². The van der Waals surface area contributed by atoms with Gasteiger partial charge in [-0.25, -0.2) is 4.98 Å². The van der Waals surface area contributed by atoms with Crippen LogP contribution in [0.4, 0.5) is 0 Å². The molecule has 0 radical (unpaired) electrons. The van der Waals surface area contributed by atoms with Gasteiger partial charge in [0.2, 0.25) is 0 Å². The molecular formula is C15H18N2O3. The van der Waals surface area contributed by atoms with Crippen LogP contribution in [0.15, 0.2) is 47.8 Å². The monoisotopic (exact) mass is 274 g/mol. The van der Waals surface area contributed by atoms with Gasteiger partial charge in [0.15, 0.2) is 0 Å². The minimum absolute atomic E-state index is 0.205. The number of aliphatic hydroxyl groups excluding tert-OH is 2. The lowest BCUT2D eigenvalue weighted by molar-refractivity contribution is 0.0954. The van der Waals surface area contributed by atoms with E-state index in [-0.39, 0.29) is 6.61 Å². The van der Waals surface area contributed by atoms with Gasteiger partial charge in [0, 0.05) is 29.6 Å². The smallest absolute Gasteiger partial charge is 0.0984 e. The van der Waals surface area contributed by atoms with Gasteiger partial charge in [-0.1, -0.05) is 12.1 Å². The first-order valence-electron chi connectivity index (χ1n) is 6.38. The Morgan fingerprint density at radius 2 is 2.20 bits per heavy atom. The summed E-state index contributed by atoms with van der Waals surface area (Å²) < 4.78 is 5.12. The zero-order valence-corrected chi connectivity index (χ0v) is 11.3. The molecule has 0 saturated carbocycles. The molecule has 0 aliphatic heterocycles. The number of imidazole rings is 1. The highest BCUT2D eigenvalue weighted by Gasteiger charge is 2.09. The second-order valence-corrected chi connectivity index (χ2v) is 4.53. The molecule has 106 valence electrons. The number of aromatic amines is 1. The first kappa shape index (κ1) is 14.3. The van der Waals surface area contributed by atoms with E-state index in [0.717, 1.165) is 21.9 Å². The maximum atomic E-state index is 9.39. The van der Waals surface area contributed by atoms with Gasteiger partial charge < -0.3 is 19.6 Å². The van der Waals surface area contributed by atoms with Gasteiger partial charge in [-0.3, -0.25) is 0 Å². The summed E-state index contributed by atoms with van der Waals surface area (Å²) in [5.41, 5.74) is 2.15. The molecule has 0 saturated heterocycles. The summed E-state index contributed by atoms with van der Waals surface area (Å²) in [6, 6.07) is 3.93. The Morgan fingerprint density at radius 3 is 2.80 bits per heavy atom. The van der Waals surface area contributed by atoms with E-state index in [4.69, 9.17) is 9.52 Å². The number of H-pyrrole nitrogens is 1. The number of fused-ring (bicyclic) bond motifs is 1.